The summed E-state index contributed by atoms with van der Waals surface area (Å²) in [6.45, 7) is 1.90. The van der Waals surface area contributed by atoms with Gasteiger partial charge >= 0.3 is 0 Å². The first-order chi connectivity index (χ1) is 6.31. The van der Waals surface area contributed by atoms with E-state index < -0.39 is 0 Å². The van der Waals surface area contributed by atoms with Gasteiger partial charge in [0.2, 0.25) is 0 Å². The molecule has 1 heterocycles. The van der Waals surface area contributed by atoms with Gasteiger partial charge < -0.3 is 10.1 Å². The Morgan fingerprint density at radius 1 is 1.38 bits per heavy atom. The highest BCUT2D eigenvalue weighted by atomic mass is 32.1. The molecular weight excluding hydrogens is 182 g/mol. The van der Waals surface area contributed by atoms with E-state index in [1.54, 1.807) is 0 Å². The number of ether oxygens (including phenoxy) is 1. The lowest BCUT2D eigenvalue weighted by molar-refractivity contribution is 0.451. The lowest BCUT2D eigenvalue weighted by Gasteiger charge is -2.21. The van der Waals surface area contributed by atoms with Crippen LogP contribution in [0.4, 0.5) is 5.69 Å². The van der Waals surface area contributed by atoms with Crippen LogP contribution in [0.1, 0.15) is 6.92 Å². The van der Waals surface area contributed by atoms with Gasteiger partial charge in [-0.3, -0.25) is 0 Å². The Hall–Kier alpha value is -1.35. The van der Waals surface area contributed by atoms with Gasteiger partial charge in [0.15, 0.2) is 11.5 Å². The standard InChI is InChI=1S/C10H9NOS/c1-2-8-10(13)11-7-5-3-4-6-9(7)12-8/h2-6H,1H3,(H,11,13)/b8-2+. The molecule has 0 amide bonds. The number of rotatable bonds is 0. The number of para-hydroxylation sites is 2. The van der Waals surface area contributed by atoms with Gasteiger partial charge in [0, 0.05) is 0 Å². The third-order valence-corrected chi connectivity index (χ3v) is 2.14. The molecule has 1 N–H and O–H groups in total. The summed E-state index contributed by atoms with van der Waals surface area (Å²) in [4.78, 5) is 0.640. The van der Waals surface area contributed by atoms with Crippen LogP contribution >= 0.6 is 12.2 Å². The quantitative estimate of drug-likeness (QED) is 0.503. The smallest absolute Gasteiger partial charge is 0.157 e. The number of hydrogen-bond acceptors (Lipinski definition) is 2. The fourth-order valence-corrected chi connectivity index (χ4v) is 1.47. The summed E-state index contributed by atoms with van der Waals surface area (Å²) in [5.74, 6) is 1.54. The Morgan fingerprint density at radius 3 is 2.92 bits per heavy atom. The molecule has 0 atom stereocenters. The summed E-state index contributed by atoms with van der Waals surface area (Å²) in [6, 6.07) is 7.72. The van der Waals surface area contributed by atoms with Crippen molar-refractivity contribution in [3.05, 3.63) is 36.1 Å². The molecule has 0 fully saturated rings. The second kappa shape index (κ2) is 3.18. The molecule has 66 valence electrons. The number of nitrogens with one attached hydrogen (secondary N) is 1. The minimum absolute atomic E-state index is 0.640. The number of hydrogen-bond donors (Lipinski definition) is 1. The molecule has 13 heavy (non-hydrogen) atoms. The SMILES string of the molecule is C/C=C1/Oc2ccccc2NC1=S. The van der Waals surface area contributed by atoms with Crippen LogP contribution in [0, 0.1) is 0 Å². The van der Waals surface area contributed by atoms with Crippen molar-refractivity contribution in [1.29, 1.82) is 0 Å². The highest BCUT2D eigenvalue weighted by Gasteiger charge is 2.16. The number of allylic oxidation sites excluding steroid dienone is 1. The van der Waals surface area contributed by atoms with Gasteiger partial charge in [0.05, 0.1) is 5.69 Å². The van der Waals surface area contributed by atoms with Gasteiger partial charge in [-0.1, -0.05) is 24.4 Å². The summed E-state index contributed by atoms with van der Waals surface area (Å²) in [6.07, 6.45) is 1.85. The minimum atomic E-state index is 0.640. The van der Waals surface area contributed by atoms with Gasteiger partial charge in [-0.25, -0.2) is 0 Å². The molecular formula is C10H9NOS. The maximum absolute atomic E-state index is 5.55. The molecule has 0 aliphatic carbocycles. The van der Waals surface area contributed by atoms with Crippen molar-refractivity contribution in [2.45, 2.75) is 6.92 Å². The molecule has 2 nitrogen and oxygen atoms in total. The van der Waals surface area contributed by atoms with Gasteiger partial charge in [-0.05, 0) is 25.1 Å². The van der Waals surface area contributed by atoms with E-state index >= 15 is 0 Å². The zero-order valence-corrected chi connectivity index (χ0v) is 8.02. The average Bonchev–Trinajstić information content (AvgIpc) is 2.17. The third-order valence-electron chi connectivity index (χ3n) is 1.84. The topological polar surface area (TPSA) is 21.3 Å². The zero-order chi connectivity index (χ0) is 9.26. The van der Waals surface area contributed by atoms with Crippen molar-refractivity contribution < 1.29 is 4.74 Å². The summed E-state index contributed by atoms with van der Waals surface area (Å²) < 4.78 is 5.55. The fraction of sp³-hybridized carbons (Fsp3) is 0.100. The van der Waals surface area contributed by atoms with Crippen molar-refractivity contribution in [2.24, 2.45) is 0 Å². The minimum Gasteiger partial charge on any atom is -0.452 e. The maximum Gasteiger partial charge on any atom is 0.157 e. The van der Waals surface area contributed by atoms with Gasteiger partial charge in [0.25, 0.3) is 0 Å². The Kier molecular flexibility index (Phi) is 2.02. The number of thiocarbonyl (C=S) groups is 1. The molecule has 1 aliphatic heterocycles. The molecule has 0 saturated heterocycles. The van der Waals surface area contributed by atoms with E-state index in [4.69, 9.17) is 17.0 Å². The summed E-state index contributed by atoms with van der Waals surface area (Å²) in [5, 5.41) is 3.10. The van der Waals surface area contributed by atoms with Crippen molar-refractivity contribution >= 4 is 22.9 Å². The van der Waals surface area contributed by atoms with E-state index in [-0.39, 0.29) is 0 Å². The van der Waals surface area contributed by atoms with Crippen molar-refractivity contribution in [2.75, 3.05) is 5.32 Å². The molecule has 0 bridgehead atoms. The lowest BCUT2D eigenvalue weighted by Crippen LogP contribution is -2.21. The number of benzene rings is 1. The highest BCUT2D eigenvalue weighted by molar-refractivity contribution is 7.81. The Balaban J connectivity index is 2.44. The van der Waals surface area contributed by atoms with Crippen molar-refractivity contribution in [3.63, 3.8) is 0 Å². The molecule has 1 aromatic carbocycles. The van der Waals surface area contributed by atoms with Crippen molar-refractivity contribution in [3.8, 4) is 5.75 Å². The molecule has 3 heteroatoms. The lowest BCUT2D eigenvalue weighted by atomic mass is 10.2. The molecule has 0 spiro atoms. The summed E-state index contributed by atoms with van der Waals surface area (Å²) in [7, 11) is 0. The molecule has 1 aromatic rings. The van der Waals surface area contributed by atoms with Crippen LogP contribution < -0.4 is 10.1 Å². The van der Waals surface area contributed by atoms with Crippen LogP contribution in [0.2, 0.25) is 0 Å². The average molecular weight is 191 g/mol. The Bertz CT molecular complexity index is 384. The van der Waals surface area contributed by atoms with E-state index in [9.17, 15) is 0 Å². The third kappa shape index (κ3) is 1.42. The van der Waals surface area contributed by atoms with Crippen LogP contribution in [0.25, 0.3) is 0 Å². The first kappa shape index (κ1) is 8.26. The van der Waals surface area contributed by atoms with Gasteiger partial charge in [-0.15, -0.1) is 0 Å². The summed E-state index contributed by atoms with van der Waals surface area (Å²) in [5.41, 5.74) is 0.929. The molecule has 0 saturated carbocycles. The van der Waals surface area contributed by atoms with E-state index in [1.165, 1.54) is 0 Å². The zero-order valence-electron chi connectivity index (χ0n) is 7.20. The second-order valence-electron chi connectivity index (χ2n) is 2.71. The molecule has 2 rings (SSSR count). The van der Waals surface area contributed by atoms with Gasteiger partial charge in [-0.2, -0.15) is 0 Å². The van der Waals surface area contributed by atoms with Crippen LogP contribution in [0.3, 0.4) is 0 Å². The monoisotopic (exact) mass is 191 g/mol. The largest absolute Gasteiger partial charge is 0.452 e. The fourth-order valence-electron chi connectivity index (χ4n) is 1.20. The predicted octanol–water partition coefficient (Wildman–Crippen LogP) is 2.72. The van der Waals surface area contributed by atoms with Crippen LogP contribution in [0.5, 0.6) is 5.75 Å². The maximum atomic E-state index is 5.55. The van der Waals surface area contributed by atoms with Crippen LogP contribution in [0.15, 0.2) is 36.1 Å². The van der Waals surface area contributed by atoms with E-state index in [0.29, 0.717) is 10.7 Å². The molecule has 0 aromatic heterocycles. The van der Waals surface area contributed by atoms with E-state index in [1.807, 2.05) is 37.3 Å². The normalized spacial score (nSPS) is 17.6. The van der Waals surface area contributed by atoms with Crippen molar-refractivity contribution in [1.82, 2.24) is 0 Å². The number of anilines is 1. The molecule has 1 aliphatic rings. The summed E-state index contributed by atoms with van der Waals surface area (Å²) >= 11 is 5.10. The Morgan fingerprint density at radius 2 is 2.15 bits per heavy atom. The molecule has 0 radical (unpaired) electrons. The first-order valence-electron chi connectivity index (χ1n) is 4.06. The second-order valence-corrected chi connectivity index (χ2v) is 3.11. The highest BCUT2D eigenvalue weighted by Crippen LogP contribution is 2.30. The van der Waals surface area contributed by atoms with E-state index in [2.05, 4.69) is 5.32 Å². The van der Waals surface area contributed by atoms with Gasteiger partial charge in [0.1, 0.15) is 4.99 Å². The van der Waals surface area contributed by atoms with Crippen LogP contribution in [-0.2, 0) is 0 Å². The Labute approximate surface area is 82.2 Å². The molecule has 0 unspecified atom stereocenters. The number of fused-ring (bicyclic) bond motifs is 1. The predicted molar refractivity (Wildman–Crippen MR) is 57.0 cm³/mol. The first-order valence-corrected chi connectivity index (χ1v) is 4.46. The van der Waals surface area contributed by atoms with E-state index in [0.717, 1.165) is 11.4 Å². The van der Waals surface area contributed by atoms with Crippen LogP contribution in [-0.4, -0.2) is 4.99 Å².